The number of Topliss-reactive ketones (excluding diaryl/α,β-unsaturated/α-hetero) is 1. The van der Waals surface area contributed by atoms with Gasteiger partial charge in [0.05, 0.1) is 13.7 Å². The summed E-state index contributed by atoms with van der Waals surface area (Å²) < 4.78 is 17.5. The predicted molar refractivity (Wildman–Crippen MR) is 146 cm³/mol. The Labute approximate surface area is 224 Å². The van der Waals surface area contributed by atoms with Gasteiger partial charge < -0.3 is 14.2 Å². The predicted octanol–water partition coefficient (Wildman–Crippen LogP) is 4.57. The van der Waals surface area contributed by atoms with Gasteiger partial charge in [0, 0.05) is 31.4 Å². The molecular formula is C26H27N7O4S. The SMILES string of the molecule is CCOSOc1ccc(-n2cnc(N=Cc3ccc(OC)cc3)n2)nc1C(=O)Cc1cc(C)cnc1NC. The summed E-state index contributed by atoms with van der Waals surface area (Å²) in [6.07, 6.45) is 4.95. The third-order valence-corrected chi connectivity index (χ3v) is 5.83. The zero-order valence-corrected chi connectivity index (χ0v) is 22.2. The highest BCUT2D eigenvalue weighted by molar-refractivity contribution is 7.90. The summed E-state index contributed by atoms with van der Waals surface area (Å²) in [6, 6.07) is 12.7. The molecule has 0 fully saturated rings. The Hall–Kier alpha value is -4.29. The smallest absolute Gasteiger partial charge is 0.268 e. The third kappa shape index (κ3) is 6.72. The van der Waals surface area contributed by atoms with E-state index in [-0.39, 0.29) is 29.6 Å². The molecule has 0 saturated carbocycles. The average molecular weight is 534 g/mol. The summed E-state index contributed by atoms with van der Waals surface area (Å²) in [5.74, 6) is 2.04. The molecule has 4 rings (SSSR count). The molecule has 12 heteroatoms. The second-order valence-electron chi connectivity index (χ2n) is 7.96. The monoisotopic (exact) mass is 533 g/mol. The largest absolute Gasteiger partial charge is 0.497 e. The van der Waals surface area contributed by atoms with Crippen molar-refractivity contribution in [1.82, 2.24) is 24.7 Å². The number of anilines is 1. The molecule has 3 heterocycles. The number of methoxy groups -OCH3 is 1. The second-order valence-corrected chi connectivity index (χ2v) is 8.50. The number of aryl methyl sites for hydroxylation is 1. The molecule has 196 valence electrons. The maximum atomic E-state index is 13.4. The van der Waals surface area contributed by atoms with Crippen molar-refractivity contribution in [2.75, 3.05) is 26.1 Å². The van der Waals surface area contributed by atoms with Gasteiger partial charge in [-0.1, -0.05) is 6.07 Å². The van der Waals surface area contributed by atoms with Gasteiger partial charge in [0.2, 0.25) is 12.3 Å². The molecule has 3 aromatic heterocycles. The summed E-state index contributed by atoms with van der Waals surface area (Å²) in [4.78, 5) is 30.9. The van der Waals surface area contributed by atoms with E-state index in [1.165, 1.54) is 11.0 Å². The van der Waals surface area contributed by atoms with Gasteiger partial charge in [0.15, 0.2) is 23.0 Å². The van der Waals surface area contributed by atoms with Gasteiger partial charge in [-0.15, -0.1) is 5.10 Å². The average Bonchev–Trinajstić information content (AvgIpc) is 3.42. The number of hydrogen-bond donors (Lipinski definition) is 1. The highest BCUT2D eigenvalue weighted by Gasteiger charge is 2.20. The Morgan fingerprint density at radius 1 is 1.18 bits per heavy atom. The molecule has 11 nitrogen and oxygen atoms in total. The van der Waals surface area contributed by atoms with Crippen LogP contribution in [-0.2, 0) is 10.6 Å². The van der Waals surface area contributed by atoms with Crippen LogP contribution in [0.15, 0.2) is 60.0 Å². The topological polar surface area (TPSA) is 126 Å². The van der Waals surface area contributed by atoms with E-state index in [0.717, 1.165) is 34.8 Å². The number of carbonyl (C=O) groups is 1. The molecule has 1 aromatic carbocycles. The van der Waals surface area contributed by atoms with Crippen LogP contribution in [-0.4, -0.2) is 57.5 Å². The maximum absolute atomic E-state index is 13.4. The molecule has 0 saturated heterocycles. The molecule has 0 spiro atoms. The fourth-order valence-corrected chi connectivity index (χ4v) is 3.78. The lowest BCUT2D eigenvalue weighted by Gasteiger charge is -2.12. The second kappa shape index (κ2) is 12.8. The minimum Gasteiger partial charge on any atom is -0.497 e. The quantitative estimate of drug-likeness (QED) is 0.120. The van der Waals surface area contributed by atoms with Crippen LogP contribution < -0.4 is 14.2 Å². The van der Waals surface area contributed by atoms with E-state index in [1.54, 1.807) is 38.7 Å². The lowest BCUT2D eigenvalue weighted by Crippen LogP contribution is -2.12. The Bertz CT molecular complexity index is 1420. The van der Waals surface area contributed by atoms with Gasteiger partial charge in [-0.2, -0.15) is 4.98 Å². The van der Waals surface area contributed by atoms with E-state index >= 15 is 0 Å². The number of hydrogen-bond acceptors (Lipinski definition) is 11. The van der Waals surface area contributed by atoms with Crippen LogP contribution >= 0.6 is 12.3 Å². The molecule has 0 aliphatic heterocycles. The third-order valence-electron chi connectivity index (χ3n) is 5.25. The van der Waals surface area contributed by atoms with Crippen LogP contribution in [0.1, 0.15) is 34.1 Å². The van der Waals surface area contributed by atoms with Gasteiger partial charge in [-0.25, -0.2) is 19.6 Å². The van der Waals surface area contributed by atoms with Crippen molar-refractivity contribution in [3.63, 3.8) is 0 Å². The summed E-state index contributed by atoms with van der Waals surface area (Å²) >= 11 is 0.788. The van der Waals surface area contributed by atoms with E-state index in [1.807, 2.05) is 44.2 Å². The Morgan fingerprint density at radius 2 is 2.00 bits per heavy atom. The van der Waals surface area contributed by atoms with Crippen LogP contribution in [0.5, 0.6) is 11.5 Å². The number of rotatable bonds is 12. The number of aliphatic imine (C=N–C) groups is 1. The summed E-state index contributed by atoms with van der Waals surface area (Å²) in [5, 5.41) is 7.40. The molecule has 0 aliphatic rings. The van der Waals surface area contributed by atoms with E-state index < -0.39 is 0 Å². The lowest BCUT2D eigenvalue weighted by molar-refractivity contribution is 0.0986. The maximum Gasteiger partial charge on any atom is 0.268 e. The molecule has 0 amide bonds. The molecule has 38 heavy (non-hydrogen) atoms. The van der Waals surface area contributed by atoms with E-state index in [0.29, 0.717) is 18.2 Å². The van der Waals surface area contributed by atoms with Crippen molar-refractivity contribution < 1.29 is 17.9 Å². The van der Waals surface area contributed by atoms with Crippen LogP contribution in [0.25, 0.3) is 5.82 Å². The van der Waals surface area contributed by atoms with E-state index in [9.17, 15) is 4.79 Å². The summed E-state index contributed by atoms with van der Waals surface area (Å²) in [7, 11) is 3.37. The fourth-order valence-electron chi connectivity index (χ4n) is 3.43. The van der Waals surface area contributed by atoms with Gasteiger partial charge in [0.25, 0.3) is 5.95 Å². The number of benzene rings is 1. The Kier molecular flexibility index (Phi) is 9.01. The summed E-state index contributed by atoms with van der Waals surface area (Å²) in [6.45, 7) is 4.21. The van der Waals surface area contributed by atoms with Crippen LogP contribution in [0.4, 0.5) is 11.8 Å². The fraction of sp³-hybridized carbons (Fsp3) is 0.231. The van der Waals surface area contributed by atoms with Crippen molar-refractivity contribution in [1.29, 1.82) is 0 Å². The van der Waals surface area contributed by atoms with Gasteiger partial charge in [-0.3, -0.25) is 8.98 Å². The highest BCUT2D eigenvalue weighted by Crippen LogP contribution is 2.26. The number of carbonyl (C=O) groups excluding carboxylic acids is 1. The number of nitrogens with one attached hydrogen (secondary N) is 1. The Morgan fingerprint density at radius 3 is 2.74 bits per heavy atom. The first-order valence-corrected chi connectivity index (χ1v) is 12.4. The van der Waals surface area contributed by atoms with Crippen molar-refractivity contribution >= 4 is 36.1 Å². The minimum absolute atomic E-state index is 0.0751. The summed E-state index contributed by atoms with van der Waals surface area (Å²) in [5.41, 5.74) is 2.70. The highest BCUT2D eigenvalue weighted by atomic mass is 32.2. The number of nitrogens with zero attached hydrogens (tertiary/aromatic N) is 6. The van der Waals surface area contributed by atoms with Crippen molar-refractivity contribution in [2.24, 2.45) is 4.99 Å². The molecule has 0 aliphatic carbocycles. The van der Waals surface area contributed by atoms with Crippen LogP contribution in [0, 0.1) is 6.92 Å². The standard InChI is InChI=1S/C26H27N7O4S/c1-5-36-38-37-22-10-11-23(31-24(22)21(34)13-19-12-17(2)14-28-25(19)27-3)33-16-30-26(32-33)29-15-18-6-8-20(35-4)9-7-18/h6-12,14-16H,5,13H2,1-4H3,(H,27,28). The molecule has 0 bridgehead atoms. The van der Waals surface area contributed by atoms with Crippen LogP contribution in [0.3, 0.4) is 0 Å². The molecule has 4 aromatic rings. The normalized spacial score (nSPS) is 11.1. The number of pyridine rings is 2. The number of ketones is 1. The van der Waals surface area contributed by atoms with Gasteiger partial charge in [-0.05, 0) is 61.4 Å². The van der Waals surface area contributed by atoms with E-state index in [4.69, 9.17) is 13.1 Å². The zero-order chi connectivity index (χ0) is 26.9. The van der Waals surface area contributed by atoms with Crippen LogP contribution in [0.2, 0.25) is 0 Å². The molecule has 0 radical (unpaired) electrons. The van der Waals surface area contributed by atoms with Gasteiger partial charge >= 0.3 is 0 Å². The number of aromatic nitrogens is 5. The number of ether oxygens (including phenoxy) is 1. The Balaban J connectivity index is 1.59. The first-order valence-electron chi connectivity index (χ1n) is 11.7. The zero-order valence-electron chi connectivity index (χ0n) is 21.4. The van der Waals surface area contributed by atoms with Crippen molar-refractivity contribution in [2.45, 2.75) is 20.3 Å². The molecule has 0 unspecified atom stereocenters. The lowest BCUT2D eigenvalue weighted by atomic mass is 10.1. The van der Waals surface area contributed by atoms with Crippen molar-refractivity contribution in [3.8, 4) is 17.3 Å². The first-order chi connectivity index (χ1) is 18.5. The molecular weight excluding hydrogens is 506 g/mol. The molecule has 0 atom stereocenters. The minimum atomic E-state index is -0.249. The van der Waals surface area contributed by atoms with Crippen molar-refractivity contribution in [3.05, 3.63) is 77.4 Å². The first kappa shape index (κ1) is 26.8. The van der Waals surface area contributed by atoms with Gasteiger partial charge in [0.1, 0.15) is 17.9 Å². The molecule has 1 N–H and O–H groups in total. The van der Waals surface area contributed by atoms with E-state index in [2.05, 4.69) is 30.4 Å².